The van der Waals surface area contributed by atoms with Gasteiger partial charge in [0, 0.05) is 26.2 Å². The molecule has 1 unspecified atom stereocenters. The van der Waals surface area contributed by atoms with Crippen LogP contribution in [0.5, 0.6) is 5.88 Å². The van der Waals surface area contributed by atoms with Gasteiger partial charge in [0.1, 0.15) is 10.3 Å². The van der Waals surface area contributed by atoms with Crippen LogP contribution in [0.25, 0.3) is 10.3 Å². The highest BCUT2D eigenvalue weighted by Crippen LogP contribution is 2.36. The van der Waals surface area contributed by atoms with Gasteiger partial charge in [-0.15, -0.1) is 12.4 Å². The van der Waals surface area contributed by atoms with Crippen molar-refractivity contribution in [3.8, 4) is 5.88 Å². The van der Waals surface area contributed by atoms with Crippen molar-refractivity contribution in [3.05, 3.63) is 42.0 Å². The number of likely N-dealkylation sites (tertiary alicyclic amines) is 1. The number of ether oxygens (including phenoxy) is 1. The number of rotatable bonds is 11. The zero-order chi connectivity index (χ0) is 28.1. The molecule has 1 amide bonds. The van der Waals surface area contributed by atoms with Crippen LogP contribution in [0.1, 0.15) is 62.8 Å². The lowest BCUT2D eigenvalue weighted by Gasteiger charge is -2.28. The van der Waals surface area contributed by atoms with E-state index in [1.165, 1.54) is 47.7 Å². The lowest BCUT2D eigenvalue weighted by molar-refractivity contribution is -0.118. The van der Waals surface area contributed by atoms with E-state index in [0.717, 1.165) is 44.5 Å². The van der Waals surface area contributed by atoms with Crippen molar-refractivity contribution in [1.29, 1.82) is 0 Å². The standard InChI is InChI=1S/C29H39N5O4S2.ClH/c1-33(18-19-34-16-6-3-7-17-34)40(36,37)23-12-10-22(11-13-23)24(20-21-8-4-5-9-21)27(35)32-29-30-25-14-15-26(38-2)31-28(25)39-29;/h10-15,21,24H,3-9,16-20H2,1-2H3,(H,30,32,35);1H. The molecule has 1 saturated heterocycles. The molecular formula is C29H40ClN5O4S2. The maximum Gasteiger partial charge on any atom is 0.242 e. The first-order valence-electron chi connectivity index (χ1n) is 14.2. The number of sulfonamides is 1. The fourth-order valence-electron chi connectivity index (χ4n) is 5.77. The molecule has 9 nitrogen and oxygen atoms in total. The number of carbonyl (C=O) groups excluding carboxylic acids is 1. The average molecular weight is 622 g/mol. The van der Waals surface area contributed by atoms with Crippen molar-refractivity contribution < 1.29 is 17.9 Å². The number of piperidine rings is 1. The Morgan fingerprint density at radius 2 is 1.78 bits per heavy atom. The summed E-state index contributed by atoms with van der Waals surface area (Å²) in [5.74, 6) is 0.445. The largest absolute Gasteiger partial charge is 0.481 e. The summed E-state index contributed by atoms with van der Waals surface area (Å²) in [7, 11) is -0.403. The molecule has 1 atom stereocenters. The molecule has 41 heavy (non-hydrogen) atoms. The second kappa shape index (κ2) is 14.2. The van der Waals surface area contributed by atoms with Crippen LogP contribution < -0.4 is 10.1 Å². The summed E-state index contributed by atoms with van der Waals surface area (Å²) in [5.41, 5.74) is 1.52. The zero-order valence-corrected chi connectivity index (χ0v) is 26.2. The number of nitrogens with one attached hydrogen (secondary N) is 1. The van der Waals surface area contributed by atoms with Crippen LogP contribution in [0, 0.1) is 5.92 Å². The molecule has 1 N–H and O–H groups in total. The Morgan fingerprint density at radius 3 is 2.46 bits per heavy atom. The molecule has 3 aromatic rings. The number of hydrogen-bond acceptors (Lipinski definition) is 8. The third-order valence-electron chi connectivity index (χ3n) is 8.20. The van der Waals surface area contributed by atoms with E-state index in [0.29, 0.717) is 33.8 Å². The van der Waals surface area contributed by atoms with Gasteiger partial charge in [-0.2, -0.15) is 4.31 Å². The number of methoxy groups -OCH3 is 1. The van der Waals surface area contributed by atoms with Crippen LogP contribution in [0.2, 0.25) is 0 Å². The molecule has 1 aliphatic heterocycles. The van der Waals surface area contributed by atoms with E-state index < -0.39 is 15.9 Å². The maximum atomic E-state index is 13.6. The molecule has 1 saturated carbocycles. The second-order valence-electron chi connectivity index (χ2n) is 10.9. The minimum absolute atomic E-state index is 0. The Labute approximate surface area is 253 Å². The third kappa shape index (κ3) is 7.75. The third-order valence-corrected chi connectivity index (χ3v) is 11.0. The first kappa shape index (κ1) is 31.6. The van der Waals surface area contributed by atoms with Gasteiger partial charge in [-0.05, 0) is 62.0 Å². The molecular weight excluding hydrogens is 582 g/mol. The summed E-state index contributed by atoms with van der Waals surface area (Å²) in [6.45, 7) is 3.27. The minimum Gasteiger partial charge on any atom is -0.481 e. The van der Waals surface area contributed by atoms with E-state index in [-0.39, 0.29) is 23.2 Å². The van der Waals surface area contributed by atoms with Crippen LogP contribution in [0.4, 0.5) is 5.13 Å². The molecule has 2 aromatic heterocycles. The van der Waals surface area contributed by atoms with E-state index in [4.69, 9.17) is 4.74 Å². The monoisotopic (exact) mass is 621 g/mol. The summed E-state index contributed by atoms with van der Waals surface area (Å²) >= 11 is 1.31. The van der Waals surface area contributed by atoms with Crippen molar-refractivity contribution >= 4 is 55.2 Å². The Bertz CT molecular complexity index is 1400. The Balaban J connectivity index is 0.00000387. The topological polar surface area (TPSA) is 105 Å². The number of carbonyl (C=O) groups is 1. The normalized spacial score (nSPS) is 17.4. The highest BCUT2D eigenvalue weighted by atomic mass is 35.5. The SMILES string of the molecule is COc1ccc2nc(NC(=O)C(CC3CCCC3)c3ccc(S(=O)(=O)N(C)CCN4CCCCC4)cc3)sc2n1.Cl. The molecule has 1 aromatic carbocycles. The van der Waals surface area contributed by atoms with Gasteiger partial charge < -0.3 is 15.0 Å². The van der Waals surface area contributed by atoms with Gasteiger partial charge in [0.05, 0.1) is 17.9 Å². The van der Waals surface area contributed by atoms with Crippen LogP contribution in [-0.2, 0) is 14.8 Å². The van der Waals surface area contributed by atoms with Crippen molar-refractivity contribution in [3.63, 3.8) is 0 Å². The number of likely N-dealkylation sites (N-methyl/N-ethyl adjacent to an activating group) is 1. The zero-order valence-electron chi connectivity index (χ0n) is 23.8. The summed E-state index contributed by atoms with van der Waals surface area (Å²) < 4.78 is 33.2. The van der Waals surface area contributed by atoms with E-state index in [9.17, 15) is 13.2 Å². The fraction of sp³-hybridized carbons (Fsp3) is 0.552. The van der Waals surface area contributed by atoms with E-state index in [1.54, 1.807) is 44.5 Å². The van der Waals surface area contributed by atoms with Crippen LogP contribution >= 0.6 is 23.7 Å². The number of halogens is 1. The number of hydrogen-bond donors (Lipinski definition) is 1. The molecule has 2 aliphatic rings. The molecule has 1 aliphatic carbocycles. The first-order valence-corrected chi connectivity index (χ1v) is 16.5. The van der Waals surface area contributed by atoms with Crippen molar-refractivity contribution in [2.24, 2.45) is 5.92 Å². The number of aromatic nitrogens is 2. The molecule has 0 radical (unpaired) electrons. The summed E-state index contributed by atoms with van der Waals surface area (Å²) in [6.07, 6.45) is 8.94. The quantitative estimate of drug-likeness (QED) is 0.300. The van der Waals surface area contributed by atoms with Gasteiger partial charge in [-0.3, -0.25) is 4.79 Å². The van der Waals surface area contributed by atoms with Gasteiger partial charge in [-0.25, -0.2) is 18.4 Å². The van der Waals surface area contributed by atoms with Gasteiger partial charge in [0.25, 0.3) is 0 Å². The summed E-state index contributed by atoms with van der Waals surface area (Å²) in [4.78, 5) is 25.8. The molecule has 0 bridgehead atoms. The van der Waals surface area contributed by atoms with E-state index in [2.05, 4.69) is 20.2 Å². The molecule has 12 heteroatoms. The molecule has 224 valence electrons. The highest BCUT2D eigenvalue weighted by Gasteiger charge is 2.29. The van der Waals surface area contributed by atoms with Gasteiger partial charge >= 0.3 is 0 Å². The minimum atomic E-state index is -3.61. The van der Waals surface area contributed by atoms with E-state index in [1.807, 2.05) is 6.07 Å². The van der Waals surface area contributed by atoms with E-state index >= 15 is 0 Å². The number of thiazole rings is 1. The first-order chi connectivity index (χ1) is 19.3. The maximum absolute atomic E-state index is 13.6. The van der Waals surface area contributed by atoms with Gasteiger partial charge in [0.2, 0.25) is 21.8 Å². The number of fused-ring (bicyclic) bond motifs is 1. The number of benzene rings is 1. The molecule has 2 fully saturated rings. The smallest absolute Gasteiger partial charge is 0.242 e. The number of amides is 1. The van der Waals surface area contributed by atoms with Crippen molar-refractivity contribution in [2.45, 2.75) is 62.2 Å². The average Bonchev–Trinajstić information content (AvgIpc) is 3.64. The highest BCUT2D eigenvalue weighted by molar-refractivity contribution is 7.89. The van der Waals surface area contributed by atoms with Crippen LogP contribution in [-0.4, -0.2) is 73.8 Å². The second-order valence-corrected chi connectivity index (χ2v) is 13.9. The summed E-state index contributed by atoms with van der Waals surface area (Å²) in [6, 6.07) is 10.5. The molecule has 5 rings (SSSR count). The molecule has 0 spiro atoms. The predicted molar refractivity (Wildman–Crippen MR) is 166 cm³/mol. The lowest BCUT2D eigenvalue weighted by atomic mass is 9.87. The van der Waals surface area contributed by atoms with Gasteiger partial charge in [0.15, 0.2) is 5.13 Å². The van der Waals surface area contributed by atoms with Gasteiger partial charge in [-0.1, -0.05) is 55.6 Å². The Hall–Kier alpha value is -2.31. The lowest BCUT2D eigenvalue weighted by Crippen LogP contribution is -2.38. The predicted octanol–water partition coefficient (Wildman–Crippen LogP) is 5.53. The number of anilines is 1. The Kier molecular flexibility index (Phi) is 11.0. The van der Waals surface area contributed by atoms with Crippen molar-refractivity contribution in [1.82, 2.24) is 19.2 Å². The Morgan fingerprint density at radius 1 is 1.07 bits per heavy atom. The number of pyridine rings is 1. The van der Waals surface area contributed by atoms with Crippen LogP contribution in [0.15, 0.2) is 41.3 Å². The fourth-order valence-corrected chi connectivity index (χ4v) is 7.77. The van der Waals surface area contributed by atoms with Crippen LogP contribution in [0.3, 0.4) is 0 Å². The number of nitrogens with zero attached hydrogens (tertiary/aromatic N) is 4. The summed E-state index contributed by atoms with van der Waals surface area (Å²) in [5, 5.41) is 3.50. The molecule has 3 heterocycles. The van der Waals surface area contributed by atoms with Crippen molar-refractivity contribution in [2.75, 3.05) is 45.7 Å².